The second-order valence-electron chi connectivity index (χ2n) is 6.01. The molecule has 0 radical (unpaired) electrons. The number of amides is 2. The zero-order valence-corrected chi connectivity index (χ0v) is 14.5. The normalized spacial score (nSPS) is 21.7. The molecule has 0 heterocycles. The molecule has 1 aromatic rings. The number of benzene rings is 1. The van der Waals surface area contributed by atoms with Gasteiger partial charge in [-0.05, 0) is 56.5 Å². The summed E-state index contributed by atoms with van der Waals surface area (Å²) in [7, 11) is 0. The Balaban J connectivity index is 1.86. The van der Waals surface area contributed by atoms with E-state index in [1.807, 2.05) is 31.2 Å². The summed E-state index contributed by atoms with van der Waals surface area (Å²) in [5.74, 6) is 0.378. The van der Waals surface area contributed by atoms with Gasteiger partial charge in [-0.3, -0.25) is 9.59 Å². The maximum absolute atomic E-state index is 12.3. The third kappa shape index (κ3) is 5.25. The van der Waals surface area contributed by atoms with E-state index in [0.29, 0.717) is 12.5 Å². The molecule has 0 aromatic heterocycles. The van der Waals surface area contributed by atoms with Crippen molar-refractivity contribution < 1.29 is 9.59 Å². The first-order valence-corrected chi connectivity index (χ1v) is 8.92. The molecule has 1 saturated carbocycles. The molecule has 1 aromatic carbocycles. The SMILES string of the molecule is CC(=O)Nc1ccc(SC(C)C(=O)NC2CCCC2CN)cc1. The van der Waals surface area contributed by atoms with E-state index < -0.39 is 0 Å². The van der Waals surface area contributed by atoms with Gasteiger partial charge in [0.1, 0.15) is 0 Å². The third-order valence-electron chi connectivity index (χ3n) is 4.15. The first-order chi connectivity index (χ1) is 11.0. The van der Waals surface area contributed by atoms with Crippen LogP contribution in [-0.4, -0.2) is 29.7 Å². The maximum Gasteiger partial charge on any atom is 0.233 e. The van der Waals surface area contributed by atoms with Gasteiger partial charge in [-0.25, -0.2) is 0 Å². The molecule has 3 unspecified atom stereocenters. The van der Waals surface area contributed by atoms with Crippen LogP contribution in [0.1, 0.15) is 33.1 Å². The first-order valence-electron chi connectivity index (χ1n) is 8.04. The fourth-order valence-corrected chi connectivity index (χ4v) is 3.76. The van der Waals surface area contributed by atoms with Crippen molar-refractivity contribution in [1.82, 2.24) is 5.32 Å². The second kappa shape index (κ2) is 8.36. The molecule has 23 heavy (non-hydrogen) atoms. The number of thioether (sulfide) groups is 1. The highest BCUT2D eigenvalue weighted by Gasteiger charge is 2.28. The fourth-order valence-electron chi connectivity index (χ4n) is 2.89. The topological polar surface area (TPSA) is 84.2 Å². The van der Waals surface area contributed by atoms with Crippen molar-refractivity contribution in [3.63, 3.8) is 0 Å². The van der Waals surface area contributed by atoms with Crippen LogP contribution in [-0.2, 0) is 9.59 Å². The summed E-state index contributed by atoms with van der Waals surface area (Å²) in [5, 5.41) is 5.70. The molecular weight excluding hydrogens is 310 g/mol. The number of nitrogens with one attached hydrogen (secondary N) is 2. The number of nitrogens with two attached hydrogens (primary N) is 1. The zero-order valence-electron chi connectivity index (χ0n) is 13.7. The highest BCUT2D eigenvalue weighted by Crippen LogP contribution is 2.27. The molecule has 1 fully saturated rings. The summed E-state index contributed by atoms with van der Waals surface area (Å²) in [6.45, 7) is 4.03. The minimum atomic E-state index is -0.166. The smallest absolute Gasteiger partial charge is 0.233 e. The van der Waals surface area contributed by atoms with Crippen LogP contribution in [0.3, 0.4) is 0 Å². The number of carbonyl (C=O) groups excluding carboxylic acids is 2. The molecule has 1 aliphatic carbocycles. The molecule has 0 saturated heterocycles. The standard InChI is InChI=1S/C17H25N3O2S/c1-11(17(22)20-16-5-3-4-13(16)10-18)23-15-8-6-14(7-9-15)19-12(2)21/h6-9,11,13,16H,3-5,10,18H2,1-2H3,(H,19,21)(H,20,22). The Morgan fingerprint density at radius 3 is 2.61 bits per heavy atom. The van der Waals surface area contributed by atoms with Crippen molar-refractivity contribution in [3.8, 4) is 0 Å². The lowest BCUT2D eigenvalue weighted by atomic mass is 10.0. The summed E-state index contributed by atoms with van der Waals surface area (Å²) < 4.78 is 0. The van der Waals surface area contributed by atoms with E-state index in [9.17, 15) is 9.59 Å². The molecule has 0 spiro atoms. The molecule has 5 nitrogen and oxygen atoms in total. The summed E-state index contributed by atoms with van der Waals surface area (Å²) in [6, 6.07) is 7.74. The second-order valence-corrected chi connectivity index (χ2v) is 7.42. The average Bonchev–Trinajstić information content (AvgIpc) is 2.95. The predicted molar refractivity (Wildman–Crippen MR) is 94.4 cm³/mol. The lowest BCUT2D eigenvalue weighted by Crippen LogP contribution is -2.43. The van der Waals surface area contributed by atoms with E-state index >= 15 is 0 Å². The van der Waals surface area contributed by atoms with Gasteiger partial charge in [-0.1, -0.05) is 6.42 Å². The van der Waals surface area contributed by atoms with Gasteiger partial charge in [0, 0.05) is 23.5 Å². The Morgan fingerprint density at radius 2 is 2.00 bits per heavy atom. The van der Waals surface area contributed by atoms with Crippen molar-refractivity contribution in [1.29, 1.82) is 0 Å². The Bertz CT molecular complexity index is 547. The Hall–Kier alpha value is -1.53. The molecule has 6 heteroatoms. The molecule has 126 valence electrons. The lowest BCUT2D eigenvalue weighted by Gasteiger charge is -2.21. The summed E-state index contributed by atoms with van der Waals surface area (Å²) >= 11 is 1.52. The van der Waals surface area contributed by atoms with Crippen molar-refractivity contribution in [2.24, 2.45) is 11.7 Å². The summed E-state index contributed by atoms with van der Waals surface area (Å²) in [5.41, 5.74) is 6.52. The van der Waals surface area contributed by atoms with Crippen molar-refractivity contribution in [2.45, 2.75) is 49.3 Å². The van der Waals surface area contributed by atoms with Crippen LogP contribution >= 0.6 is 11.8 Å². The van der Waals surface area contributed by atoms with Crippen LogP contribution in [0, 0.1) is 5.92 Å². The maximum atomic E-state index is 12.3. The molecule has 2 amide bonds. The van der Waals surface area contributed by atoms with Crippen molar-refractivity contribution >= 4 is 29.3 Å². The number of carbonyl (C=O) groups is 2. The van der Waals surface area contributed by atoms with E-state index in [0.717, 1.165) is 29.8 Å². The number of anilines is 1. The molecule has 4 N–H and O–H groups in total. The highest BCUT2D eigenvalue weighted by atomic mass is 32.2. The molecule has 0 aliphatic heterocycles. The van der Waals surface area contributed by atoms with E-state index in [2.05, 4.69) is 10.6 Å². The molecule has 1 aliphatic rings. The fraction of sp³-hybridized carbons (Fsp3) is 0.529. The van der Waals surface area contributed by atoms with Crippen LogP contribution in [0.15, 0.2) is 29.2 Å². The van der Waals surface area contributed by atoms with Gasteiger partial charge in [-0.2, -0.15) is 0 Å². The molecular formula is C17H25N3O2S. The highest BCUT2D eigenvalue weighted by molar-refractivity contribution is 8.00. The Morgan fingerprint density at radius 1 is 1.30 bits per heavy atom. The van der Waals surface area contributed by atoms with Crippen LogP contribution in [0.2, 0.25) is 0 Å². The minimum absolute atomic E-state index is 0.0614. The van der Waals surface area contributed by atoms with E-state index in [-0.39, 0.29) is 23.1 Å². The van der Waals surface area contributed by atoms with Gasteiger partial charge in [0.15, 0.2) is 0 Å². The van der Waals surface area contributed by atoms with Gasteiger partial charge in [0.05, 0.1) is 5.25 Å². The summed E-state index contributed by atoms with van der Waals surface area (Å²) in [6.07, 6.45) is 3.27. The van der Waals surface area contributed by atoms with Crippen LogP contribution in [0.5, 0.6) is 0 Å². The Labute approximate surface area is 141 Å². The van der Waals surface area contributed by atoms with Crippen LogP contribution in [0.25, 0.3) is 0 Å². The number of rotatable bonds is 6. The zero-order chi connectivity index (χ0) is 16.8. The van der Waals surface area contributed by atoms with Gasteiger partial charge >= 0.3 is 0 Å². The van der Waals surface area contributed by atoms with Gasteiger partial charge in [0.2, 0.25) is 11.8 Å². The molecule has 3 atom stereocenters. The van der Waals surface area contributed by atoms with Gasteiger partial charge in [0.25, 0.3) is 0 Å². The van der Waals surface area contributed by atoms with Crippen LogP contribution in [0.4, 0.5) is 5.69 Å². The third-order valence-corrected chi connectivity index (χ3v) is 5.26. The quantitative estimate of drug-likeness (QED) is 0.697. The monoisotopic (exact) mass is 335 g/mol. The van der Waals surface area contributed by atoms with E-state index in [4.69, 9.17) is 5.73 Å². The summed E-state index contributed by atoms with van der Waals surface area (Å²) in [4.78, 5) is 24.4. The largest absolute Gasteiger partial charge is 0.352 e. The Kier molecular flexibility index (Phi) is 6.47. The van der Waals surface area contributed by atoms with Crippen LogP contribution < -0.4 is 16.4 Å². The van der Waals surface area contributed by atoms with E-state index in [1.165, 1.54) is 18.7 Å². The van der Waals surface area contributed by atoms with Crippen molar-refractivity contribution in [3.05, 3.63) is 24.3 Å². The molecule has 0 bridgehead atoms. The van der Waals surface area contributed by atoms with Gasteiger partial charge < -0.3 is 16.4 Å². The lowest BCUT2D eigenvalue weighted by molar-refractivity contribution is -0.121. The predicted octanol–water partition coefficient (Wildman–Crippen LogP) is 2.37. The average molecular weight is 335 g/mol. The minimum Gasteiger partial charge on any atom is -0.352 e. The van der Waals surface area contributed by atoms with Gasteiger partial charge in [-0.15, -0.1) is 11.8 Å². The number of hydrogen-bond donors (Lipinski definition) is 3. The van der Waals surface area contributed by atoms with Crippen molar-refractivity contribution in [2.75, 3.05) is 11.9 Å². The van der Waals surface area contributed by atoms with E-state index in [1.54, 1.807) is 0 Å². The molecule has 2 rings (SSSR count). The number of hydrogen-bond acceptors (Lipinski definition) is 4. The first kappa shape index (κ1) is 17.8.